The summed E-state index contributed by atoms with van der Waals surface area (Å²) in [5.74, 6) is 1.15. The maximum absolute atomic E-state index is 13.5. The smallest absolute Gasteiger partial charge is 0.268 e. The average molecular weight is 628 g/mol. The lowest BCUT2D eigenvalue weighted by molar-refractivity contribution is -0.127. The van der Waals surface area contributed by atoms with Crippen molar-refractivity contribution in [1.82, 2.24) is 24.8 Å². The van der Waals surface area contributed by atoms with Gasteiger partial charge in [-0.05, 0) is 54.0 Å². The highest BCUT2D eigenvalue weighted by atomic mass is 32.1. The van der Waals surface area contributed by atoms with E-state index in [0.29, 0.717) is 42.1 Å². The first kappa shape index (κ1) is 32.1. The summed E-state index contributed by atoms with van der Waals surface area (Å²) in [6.45, 7) is 14.9. The summed E-state index contributed by atoms with van der Waals surface area (Å²) in [6, 6.07) is 11.7. The lowest BCUT2D eigenvalue weighted by Gasteiger charge is -2.26. The van der Waals surface area contributed by atoms with E-state index in [1.165, 1.54) is 11.3 Å². The summed E-state index contributed by atoms with van der Waals surface area (Å²) in [7, 11) is 0. The Hall–Kier alpha value is -4.27. The van der Waals surface area contributed by atoms with Gasteiger partial charge in [0.15, 0.2) is 11.7 Å². The Kier molecular flexibility index (Phi) is 9.56. The van der Waals surface area contributed by atoms with Crippen LogP contribution in [0.25, 0.3) is 21.7 Å². The van der Waals surface area contributed by atoms with E-state index < -0.39 is 0 Å². The van der Waals surface area contributed by atoms with Gasteiger partial charge >= 0.3 is 0 Å². The summed E-state index contributed by atoms with van der Waals surface area (Å²) in [5, 5.41) is 16.3. The van der Waals surface area contributed by atoms with E-state index in [2.05, 4.69) is 48.5 Å². The maximum Gasteiger partial charge on any atom is 0.268 e. The van der Waals surface area contributed by atoms with Crippen LogP contribution in [0.15, 0.2) is 52.6 Å². The number of anilines is 1. The van der Waals surface area contributed by atoms with Crippen molar-refractivity contribution in [3.63, 3.8) is 0 Å². The van der Waals surface area contributed by atoms with Gasteiger partial charge in [-0.15, -0.1) is 11.3 Å². The Labute approximate surface area is 268 Å². The summed E-state index contributed by atoms with van der Waals surface area (Å²) in [4.78, 5) is 39.1. The van der Waals surface area contributed by atoms with Crippen molar-refractivity contribution >= 4 is 40.1 Å². The van der Waals surface area contributed by atoms with E-state index in [4.69, 9.17) is 9.40 Å². The molecule has 4 heterocycles. The van der Waals surface area contributed by atoms with E-state index in [1.54, 1.807) is 30.2 Å². The molecule has 0 spiro atoms. The number of amides is 2. The van der Waals surface area contributed by atoms with E-state index in [9.17, 15) is 14.9 Å². The lowest BCUT2D eigenvalue weighted by atomic mass is 9.97. The minimum absolute atomic E-state index is 0.0852. The third-order valence-corrected chi connectivity index (χ3v) is 8.70. The highest BCUT2D eigenvalue weighted by Gasteiger charge is 2.32. The van der Waals surface area contributed by atoms with Gasteiger partial charge in [0, 0.05) is 33.1 Å². The van der Waals surface area contributed by atoms with E-state index in [0.717, 1.165) is 40.9 Å². The third kappa shape index (κ3) is 7.70. The Bertz CT molecular complexity index is 1770. The molecule has 0 aliphatic carbocycles. The van der Waals surface area contributed by atoms with Crippen LogP contribution in [0.5, 0.6) is 0 Å². The van der Waals surface area contributed by atoms with Gasteiger partial charge in [0.25, 0.3) is 11.8 Å². The minimum Gasteiger partial charge on any atom is -0.440 e. The number of nitrogens with zero attached hydrogens (tertiary/aromatic N) is 5. The van der Waals surface area contributed by atoms with Crippen molar-refractivity contribution in [2.45, 2.75) is 73.5 Å². The van der Waals surface area contributed by atoms with Gasteiger partial charge in [0.2, 0.25) is 5.95 Å². The largest absolute Gasteiger partial charge is 0.440 e. The fraction of sp³-hybridized carbons (Fsp3) is 0.441. The molecule has 0 unspecified atom stereocenters. The van der Waals surface area contributed by atoms with Crippen molar-refractivity contribution in [2.75, 3.05) is 18.4 Å². The molecule has 11 heteroatoms. The molecular weight excluding hydrogens is 586 g/mol. The van der Waals surface area contributed by atoms with Crippen LogP contribution in [0.1, 0.15) is 68.6 Å². The molecule has 2 amide bonds. The van der Waals surface area contributed by atoms with Crippen LogP contribution in [0.3, 0.4) is 0 Å². The molecule has 10 nitrogen and oxygen atoms in total. The number of oxazole rings is 1. The van der Waals surface area contributed by atoms with Crippen molar-refractivity contribution in [3.05, 3.63) is 64.5 Å². The fourth-order valence-electron chi connectivity index (χ4n) is 5.53. The van der Waals surface area contributed by atoms with Gasteiger partial charge in [-0.3, -0.25) is 14.9 Å². The van der Waals surface area contributed by atoms with Crippen molar-refractivity contribution in [1.29, 1.82) is 5.26 Å². The molecule has 1 atom stereocenters. The molecule has 45 heavy (non-hydrogen) atoms. The Morgan fingerprint density at radius 2 is 2.04 bits per heavy atom. The molecule has 3 aromatic heterocycles. The predicted molar refractivity (Wildman–Crippen MR) is 177 cm³/mol. The molecule has 4 aromatic rings. The number of carbonyl (C=O) groups excluding carboxylic acids is 2. The van der Waals surface area contributed by atoms with Gasteiger partial charge < -0.3 is 19.2 Å². The Morgan fingerprint density at radius 3 is 2.73 bits per heavy atom. The number of nitriles is 1. The number of hydrogen-bond acceptors (Lipinski definition) is 8. The molecule has 1 fully saturated rings. The number of carbonyl (C=O) groups is 2. The van der Waals surface area contributed by atoms with Crippen LogP contribution in [-0.4, -0.2) is 50.4 Å². The molecule has 1 aliphatic rings. The SMILES string of the molecule is Cc1ncc(-c2ccc(C(=O)Nc3nc4cc(CNCC(C)(C)C)ccc4n3C[C@H]3CCCN3C(=O)/C(C#N)=C/C(C)C)s2)o1. The van der Waals surface area contributed by atoms with E-state index >= 15 is 0 Å². The quantitative estimate of drug-likeness (QED) is 0.151. The maximum atomic E-state index is 13.5. The summed E-state index contributed by atoms with van der Waals surface area (Å²) >= 11 is 1.32. The lowest BCUT2D eigenvalue weighted by Crippen LogP contribution is -2.39. The second-order valence-electron chi connectivity index (χ2n) is 13.1. The van der Waals surface area contributed by atoms with Crippen molar-refractivity contribution in [3.8, 4) is 16.7 Å². The van der Waals surface area contributed by atoms with Crippen molar-refractivity contribution in [2.24, 2.45) is 11.3 Å². The van der Waals surface area contributed by atoms with Crippen molar-refractivity contribution < 1.29 is 14.0 Å². The highest BCUT2D eigenvalue weighted by molar-refractivity contribution is 7.17. The number of benzene rings is 1. The monoisotopic (exact) mass is 627 g/mol. The number of thiophene rings is 1. The second-order valence-corrected chi connectivity index (χ2v) is 14.2. The Morgan fingerprint density at radius 1 is 1.24 bits per heavy atom. The zero-order valence-corrected chi connectivity index (χ0v) is 27.6. The van der Waals surface area contributed by atoms with Gasteiger partial charge in [-0.1, -0.05) is 46.8 Å². The molecule has 1 aliphatic heterocycles. The number of imidazole rings is 1. The number of rotatable bonds is 10. The van der Waals surface area contributed by atoms with Crippen LogP contribution in [0, 0.1) is 29.6 Å². The number of allylic oxidation sites excluding steroid dienone is 1. The Balaban J connectivity index is 1.44. The normalized spacial score (nSPS) is 15.6. The summed E-state index contributed by atoms with van der Waals surface area (Å²) in [6.07, 6.45) is 5.01. The van der Waals surface area contributed by atoms with Gasteiger partial charge in [-0.2, -0.15) is 5.26 Å². The van der Waals surface area contributed by atoms with Crippen LogP contribution in [0.4, 0.5) is 5.95 Å². The third-order valence-electron chi connectivity index (χ3n) is 7.60. The number of hydrogen-bond donors (Lipinski definition) is 2. The number of likely N-dealkylation sites (tertiary alicyclic amines) is 1. The second kappa shape index (κ2) is 13.4. The number of aryl methyl sites for hydroxylation is 1. The van der Waals surface area contributed by atoms with Gasteiger partial charge in [-0.25, -0.2) is 9.97 Å². The standard InChI is InChI=1S/C34H41N7O3S/c1-21(2)14-24(16-35)32(43)40-13-7-8-25(40)19-41-27-10-9-23(17-36-20-34(4,5)6)15-26(27)38-33(41)39-31(42)30-12-11-29(45-30)28-18-37-22(3)44-28/h9-12,14-15,18,21,25,36H,7-8,13,17,19-20H2,1-6H3,(H,38,39,42)/b24-14+/t25-/m1/s1. The molecule has 5 rings (SSSR count). The van der Waals surface area contributed by atoms with Crippen LogP contribution in [-0.2, 0) is 17.9 Å². The molecule has 0 saturated carbocycles. The summed E-state index contributed by atoms with van der Waals surface area (Å²) in [5.41, 5.74) is 3.06. The van der Waals surface area contributed by atoms with Crippen LogP contribution >= 0.6 is 11.3 Å². The number of fused-ring (bicyclic) bond motifs is 1. The van der Waals surface area contributed by atoms with E-state index in [-0.39, 0.29) is 34.8 Å². The van der Waals surface area contributed by atoms with E-state index in [1.807, 2.05) is 36.6 Å². The molecular formula is C34H41N7O3S. The zero-order valence-electron chi connectivity index (χ0n) is 26.8. The molecule has 2 N–H and O–H groups in total. The van der Waals surface area contributed by atoms with Crippen LogP contribution < -0.4 is 10.6 Å². The summed E-state index contributed by atoms with van der Waals surface area (Å²) < 4.78 is 7.63. The number of aromatic nitrogens is 3. The first-order valence-electron chi connectivity index (χ1n) is 15.4. The minimum atomic E-state index is -0.280. The highest BCUT2D eigenvalue weighted by Crippen LogP contribution is 2.31. The first-order chi connectivity index (χ1) is 21.4. The van der Waals surface area contributed by atoms with Crippen LogP contribution in [0.2, 0.25) is 0 Å². The molecule has 0 radical (unpaired) electrons. The molecule has 1 saturated heterocycles. The van der Waals surface area contributed by atoms with Gasteiger partial charge in [0.05, 0.1) is 33.0 Å². The molecule has 236 valence electrons. The fourth-order valence-corrected chi connectivity index (χ4v) is 6.37. The molecule has 1 aromatic carbocycles. The topological polar surface area (TPSA) is 129 Å². The van der Waals surface area contributed by atoms with Gasteiger partial charge in [0.1, 0.15) is 11.6 Å². The number of nitrogens with one attached hydrogen (secondary N) is 2. The predicted octanol–water partition coefficient (Wildman–Crippen LogP) is 6.55. The zero-order chi connectivity index (χ0) is 32.3. The molecule has 0 bridgehead atoms. The average Bonchev–Trinajstić information content (AvgIpc) is 3.78. The first-order valence-corrected chi connectivity index (χ1v) is 16.2.